The third kappa shape index (κ3) is 4.04. The number of nitrogens with zero attached hydrogens (tertiary/aromatic N) is 5. The first kappa shape index (κ1) is 18.1. The molecule has 0 spiro atoms. The second kappa shape index (κ2) is 7.78. The van der Waals surface area contributed by atoms with Gasteiger partial charge in [-0.15, -0.1) is 5.10 Å². The molecular formula is C21H17N7O. The molecule has 8 nitrogen and oxygen atoms in total. The molecule has 0 saturated heterocycles. The summed E-state index contributed by atoms with van der Waals surface area (Å²) >= 11 is 0. The molecule has 0 atom stereocenters. The Balaban J connectivity index is 1.48. The standard InChI is InChI=1S/C21H17N7O/c1-13-8-14(10-22)2-7-18(13)20-12-24-28-21(25-20)23-11-16-9-19(27-26-16)15-3-5-17(29)6-4-15/h2-9,12,29H,11H2,1H3,(H,26,27)(H,23,25,28). The molecule has 2 aromatic carbocycles. The number of hydrogen-bond donors (Lipinski definition) is 3. The topological polar surface area (TPSA) is 123 Å². The van der Waals surface area contributed by atoms with E-state index in [0.29, 0.717) is 23.8 Å². The molecule has 0 bridgehead atoms. The van der Waals surface area contributed by atoms with Gasteiger partial charge in [0, 0.05) is 11.1 Å². The SMILES string of the molecule is Cc1cc(C#N)ccc1-c1cnnc(NCc2cc(-c3ccc(O)cc3)n[nH]2)n1. The van der Waals surface area contributed by atoms with Crippen LogP contribution in [0.1, 0.15) is 16.8 Å². The second-order valence-corrected chi connectivity index (χ2v) is 6.49. The Bertz CT molecular complexity index is 1190. The molecule has 0 amide bonds. The van der Waals surface area contributed by atoms with Crippen LogP contribution in [0.5, 0.6) is 5.75 Å². The normalized spacial score (nSPS) is 10.5. The molecule has 4 rings (SSSR count). The van der Waals surface area contributed by atoms with Crippen LogP contribution in [0.3, 0.4) is 0 Å². The maximum absolute atomic E-state index is 9.39. The number of anilines is 1. The van der Waals surface area contributed by atoms with Crippen LogP contribution in [0.15, 0.2) is 54.7 Å². The van der Waals surface area contributed by atoms with E-state index in [9.17, 15) is 5.11 Å². The summed E-state index contributed by atoms with van der Waals surface area (Å²) in [5, 5.41) is 36.9. The van der Waals surface area contributed by atoms with Gasteiger partial charge in [-0.3, -0.25) is 5.10 Å². The smallest absolute Gasteiger partial charge is 0.243 e. The lowest BCUT2D eigenvalue weighted by Gasteiger charge is -2.07. The molecule has 142 valence electrons. The Labute approximate surface area is 166 Å². The van der Waals surface area contributed by atoms with E-state index in [1.807, 2.05) is 25.1 Å². The van der Waals surface area contributed by atoms with Gasteiger partial charge in [0.25, 0.3) is 0 Å². The van der Waals surface area contributed by atoms with E-state index in [1.165, 1.54) is 0 Å². The van der Waals surface area contributed by atoms with Gasteiger partial charge in [-0.25, -0.2) is 4.98 Å². The van der Waals surface area contributed by atoms with Gasteiger partial charge >= 0.3 is 0 Å². The Kier molecular flexibility index (Phi) is 4.86. The minimum Gasteiger partial charge on any atom is -0.508 e. The lowest BCUT2D eigenvalue weighted by Crippen LogP contribution is -2.05. The molecule has 3 N–H and O–H groups in total. The Morgan fingerprint density at radius 3 is 2.69 bits per heavy atom. The van der Waals surface area contributed by atoms with Crippen LogP contribution in [0.2, 0.25) is 0 Å². The fourth-order valence-corrected chi connectivity index (χ4v) is 2.94. The Morgan fingerprint density at radius 2 is 1.93 bits per heavy atom. The van der Waals surface area contributed by atoms with Crippen molar-refractivity contribution in [1.29, 1.82) is 5.26 Å². The number of aromatic amines is 1. The molecule has 2 aromatic heterocycles. The third-order valence-electron chi connectivity index (χ3n) is 4.42. The summed E-state index contributed by atoms with van der Waals surface area (Å²) in [6.45, 7) is 2.38. The van der Waals surface area contributed by atoms with Crippen molar-refractivity contribution in [3.05, 3.63) is 71.5 Å². The number of benzene rings is 2. The van der Waals surface area contributed by atoms with Crippen LogP contribution in [-0.4, -0.2) is 30.5 Å². The van der Waals surface area contributed by atoms with Crippen molar-refractivity contribution in [2.75, 3.05) is 5.32 Å². The van der Waals surface area contributed by atoms with Crippen molar-refractivity contribution in [2.45, 2.75) is 13.5 Å². The molecule has 0 radical (unpaired) electrons. The predicted octanol–water partition coefficient (Wildman–Crippen LogP) is 3.43. The van der Waals surface area contributed by atoms with Gasteiger partial charge in [0.05, 0.1) is 41.5 Å². The van der Waals surface area contributed by atoms with E-state index in [-0.39, 0.29) is 5.75 Å². The number of hydrogen-bond acceptors (Lipinski definition) is 7. The zero-order valence-electron chi connectivity index (χ0n) is 15.6. The molecule has 4 aromatic rings. The highest BCUT2D eigenvalue weighted by atomic mass is 16.3. The first-order chi connectivity index (χ1) is 14.1. The average Bonchev–Trinajstić information content (AvgIpc) is 3.22. The van der Waals surface area contributed by atoms with Gasteiger partial charge in [0.2, 0.25) is 5.95 Å². The summed E-state index contributed by atoms with van der Waals surface area (Å²) in [5.41, 5.74) is 5.68. The maximum Gasteiger partial charge on any atom is 0.243 e. The molecule has 8 heteroatoms. The quantitative estimate of drug-likeness (QED) is 0.482. The first-order valence-electron chi connectivity index (χ1n) is 8.91. The Morgan fingerprint density at radius 1 is 1.10 bits per heavy atom. The maximum atomic E-state index is 9.39. The molecule has 0 unspecified atom stereocenters. The zero-order valence-corrected chi connectivity index (χ0v) is 15.6. The van der Waals surface area contributed by atoms with E-state index in [1.54, 1.807) is 36.5 Å². The van der Waals surface area contributed by atoms with Crippen LogP contribution in [0, 0.1) is 18.3 Å². The monoisotopic (exact) mass is 383 g/mol. The summed E-state index contributed by atoms with van der Waals surface area (Å²) in [6.07, 6.45) is 1.60. The van der Waals surface area contributed by atoms with Gasteiger partial charge in [-0.1, -0.05) is 6.07 Å². The molecule has 0 aliphatic heterocycles. The van der Waals surface area contributed by atoms with Crippen LogP contribution in [0.4, 0.5) is 5.95 Å². The van der Waals surface area contributed by atoms with E-state index >= 15 is 0 Å². The van der Waals surface area contributed by atoms with Crippen LogP contribution in [0.25, 0.3) is 22.5 Å². The number of nitrogens with one attached hydrogen (secondary N) is 2. The van der Waals surface area contributed by atoms with Crippen molar-refractivity contribution in [1.82, 2.24) is 25.4 Å². The molecular weight excluding hydrogens is 366 g/mol. The number of aromatic nitrogens is 5. The highest BCUT2D eigenvalue weighted by Crippen LogP contribution is 2.23. The number of H-pyrrole nitrogens is 1. The minimum atomic E-state index is 0.216. The fourth-order valence-electron chi connectivity index (χ4n) is 2.94. The lowest BCUT2D eigenvalue weighted by molar-refractivity contribution is 0.475. The third-order valence-corrected chi connectivity index (χ3v) is 4.42. The number of aryl methyl sites for hydroxylation is 1. The fraction of sp³-hybridized carbons (Fsp3) is 0.0952. The highest BCUT2D eigenvalue weighted by molar-refractivity contribution is 5.65. The van der Waals surface area contributed by atoms with Crippen LogP contribution < -0.4 is 5.32 Å². The number of phenolic OH excluding ortho intramolecular Hbond substituents is 1. The van der Waals surface area contributed by atoms with Crippen LogP contribution >= 0.6 is 0 Å². The molecule has 2 heterocycles. The zero-order chi connectivity index (χ0) is 20.2. The van der Waals surface area contributed by atoms with E-state index in [0.717, 1.165) is 28.1 Å². The first-order valence-corrected chi connectivity index (χ1v) is 8.91. The van der Waals surface area contributed by atoms with Crippen molar-refractivity contribution in [3.8, 4) is 34.3 Å². The van der Waals surface area contributed by atoms with Crippen molar-refractivity contribution in [2.24, 2.45) is 0 Å². The second-order valence-electron chi connectivity index (χ2n) is 6.49. The van der Waals surface area contributed by atoms with Gasteiger partial charge < -0.3 is 10.4 Å². The largest absolute Gasteiger partial charge is 0.508 e. The Hall–Kier alpha value is -4.25. The van der Waals surface area contributed by atoms with Gasteiger partial charge in [0.15, 0.2) is 0 Å². The van der Waals surface area contributed by atoms with Gasteiger partial charge in [0.1, 0.15) is 5.75 Å². The van der Waals surface area contributed by atoms with Crippen molar-refractivity contribution < 1.29 is 5.11 Å². The van der Waals surface area contributed by atoms with E-state index < -0.39 is 0 Å². The number of rotatable bonds is 5. The molecule has 0 aliphatic carbocycles. The molecule has 0 fully saturated rings. The number of phenols is 1. The van der Waals surface area contributed by atoms with Crippen LogP contribution in [-0.2, 0) is 6.54 Å². The van der Waals surface area contributed by atoms with E-state index in [4.69, 9.17) is 5.26 Å². The molecule has 0 saturated carbocycles. The summed E-state index contributed by atoms with van der Waals surface area (Å²) in [4.78, 5) is 4.52. The summed E-state index contributed by atoms with van der Waals surface area (Å²) in [7, 11) is 0. The predicted molar refractivity (Wildman–Crippen MR) is 108 cm³/mol. The molecule has 0 aliphatic rings. The average molecular weight is 383 g/mol. The van der Waals surface area contributed by atoms with Crippen molar-refractivity contribution in [3.63, 3.8) is 0 Å². The molecule has 29 heavy (non-hydrogen) atoms. The lowest BCUT2D eigenvalue weighted by atomic mass is 10.0. The van der Waals surface area contributed by atoms with Crippen molar-refractivity contribution >= 4 is 5.95 Å². The van der Waals surface area contributed by atoms with Gasteiger partial charge in [-0.05, 0) is 55.0 Å². The summed E-state index contributed by atoms with van der Waals surface area (Å²) in [5.74, 6) is 0.611. The number of nitriles is 1. The minimum absolute atomic E-state index is 0.216. The summed E-state index contributed by atoms with van der Waals surface area (Å²) < 4.78 is 0. The number of aromatic hydroxyl groups is 1. The van der Waals surface area contributed by atoms with Gasteiger partial charge in [-0.2, -0.15) is 15.5 Å². The summed E-state index contributed by atoms with van der Waals surface area (Å²) in [6, 6.07) is 16.3. The highest BCUT2D eigenvalue weighted by Gasteiger charge is 2.09. The van der Waals surface area contributed by atoms with E-state index in [2.05, 4.69) is 36.8 Å².